The number of methoxy groups -OCH3 is 1. The standard InChI is InChI=1S/C29H31FN4O5/c1-15-6-7-20-22(33(15)29(38)39-2)8-9-23-25(20)32-27(34(23)19-5-3-4-17(13-19)28(36)37)26(35)21-14-18(30)12-16-10-11-31-24(16)21/h8-12,14-15,17,19,26,31,35H,3-7,13H2,1-2H3,(H,36,37)/t15-,17?,19?,26?/m0/s1. The van der Waals surface area contributed by atoms with Crippen molar-refractivity contribution in [3.8, 4) is 0 Å². The number of anilines is 1. The first-order valence-corrected chi connectivity index (χ1v) is 13.4. The van der Waals surface area contributed by atoms with Crippen LogP contribution in [0.1, 0.15) is 68.1 Å². The lowest BCUT2D eigenvalue weighted by molar-refractivity contribution is -0.143. The molecule has 2 aromatic carbocycles. The molecule has 4 aromatic rings. The number of hydrogen-bond acceptors (Lipinski definition) is 5. The fraction of sp³-hybridized carbons (Fsp3) is 0.414. The minimum atomic E-state index is -1.27. The topological polar surface area (TPSA) is 121 Å². The average molecular weight is 535 g/mol. The Kier molecular flexibility index (Phi) is 6.29. The maximum Gasteiger partial charge on any atom is 0.414 e. The molecule has 0 radical (unpaired) electrons. The van der Waals surface area contributed by atoms with Crippen LogP contribution in [0.25, 0.3) is 21.9 Å². The molecule has 10 heteroatoms. The predicted octanol–water partition coefficient (Wildman–Crippen LogP) is 5.46. The molecular formula is C29H31FN4O5. The third kappa shape index (κ3) is 4.14. The number of aryl methyl sites for hydroxylation is 1. The number of carbonyl (C=O) groups is 2. The number of nitrogens with zero attached hydrogens (tertiary/aromatic N) is 3. The van der Waals surface area contributed by atoms with E-state index < -0.39 is 29.9 Å². The normalized spacial score (nSPS) is 22.2. The van der Waals surface area contributed by atoms with Gasteiger partial charge in [0.2, 0.25) is 0 Å². The SMILES string of the molecule is COC(=O)N1c2ccc3c(nc(C(O)c4cc(F)cc5cc[nH]c45)n3C3CCCC(C(=O)O)C3)c2CC[C@@H]1C. The fourth-order valence-corrected chi connectivity index (χ4v) is 6.51. The van der Waals surface area contributed by atoms with Gasteiger partial charge in [0.05, 0.1) is 35.3 Å². The summed E-state index contributed by atoms with van der Waals surface area (Å²) in [4.78, 5) is 34.3. The predicted molar refractivity (Wildman–Crippen MR) is 143 cm³/mol. The van der Waals surface area contributed by atoms with Crippen molar-refractivity contribution in [1.82, 2.24) is 14.5 Å². The Hall–Kier alpha value is -3.92. The van der Waals surface area contributed by atoms with E-state index in [4.69, 9.17) is 9.72 Å². The van der Waals surface area contributed by atoms with Crippen LogP contribution in [0.2, 0.25) is 0 Å². The van der Waals surface area contributed by atoms with Crippen molar-refractivity contribution in [2.45, 2.75) is 63.6 Å². The number of amides is 1. The van der Waals surface area contributed by atoms with E-state index in [9.17, 15) is 24.2 Å². The molecule has 39 heavy (non-hydrogen) atoms. The maximum atomic E-state index is 14.6. The molecule has 204 valence electrons. The number of carbonyl (C=O) groups excluding carboxylic acids is 1. The van der Waals surface area contributed by atoms with Crippen LogP contribution in [0.15, 0.2) is 36.5 Å². The van der Waals surface area contributed by atoms with E-state index in [1.54, 1.807) is 17.2 Å². The Labute approximate surface area is 224 Å². The number of hydrogen-bond donors (Lipinski definition) is 3. The van der Waals surface area contributed by atoms with E-state index in [1.807, 2.05) is 23.6 Å². The maximum absolute atomic E-state index is 14.6. The molecule has 1 aliphatic carbocycles. The quantitative estimate of drug-likeness (QED) is 0.320. The highest BCUT2D eigenvalue weighted by atomic mass is 19.1. The number of halogens is 1. The summed E-state index contributed by atoms with van der Waals surface area (Å²) in [5.41, 5.74) is 3.97. The van der Waals surface area contributed by atoms with E-state index >= 15 is 0 Å². The molecule has 2 aliphatic rings. The van der Waals surface area contributed by atoms with Crippen LogP contribution in [0.5, 0.6) is 0 Å². The number of carboxylic acids is 1. The molecular weight excluding hydrogens is 503 g/mol. The second-order valence-electron chi connectivity index (χ2n) is 10.7. The third-order valence-electron chi connectivity index (χ3n) is 8.41. The summed E-state index contributed by atoms with van der Waals surface area (Å²) in [7, 11) is 1.35. The smallest absolute Gasteiger partial charge is 0.414 e. The number of aliphatic hydroxyl groups is 1. The Morgan fingerprint density at radius 2 is 2.03 bits per heavy atom. The van der Waals surface area contributed by atoms with E-state index in [0.717, 1.165) is 23.9 Å². The number of rotatable bonds is 4. The molecule has 2 aromatic heterocycles. The van der Waals surface area contributed by atoms with Gasteiger partial charge in [-0.1, -0.05) is 6.42 Å². The number of nitrogens with one attached hydrogen (secondary N) is 1. The first-order chi connectivity index (χ1) is 18.8. The van der Waals surface area contributed by atoms with Gasteiger partial charge in [-0.3, -0.25) is 9.69 Å². The first-order valence-electron chi connectivity index (χ1n) is 13.4. The number of ether oxygens (including phenoxy) is 1. The Morgan fingerprint density at radius 1 is 1.21 bits per heavy atom. The lowest BCUT2D eigenvalue weighted by Gasteiger charge is -2.34. The van der Waals surface area contributed by atoms with Crippen molar-refractivity contribution in [3.05, 3.63) is 59.3 Å². The summed E-state index contributed by atoms with van der Waals surface area (Å²) < 4.78 is 21.6. The van der Waals surface area contributed by atoms with Crippen LogP contribution < -0.4 is 4.90 Å². The minimum absolute atomic E-state index is 0.0577. The second kappa shape index (κ2) is 9.68. The number of aliphatic carboxylic acids is 1. The molecule has 1 amide bonds. The van der Waals surface area contributed by atoms with Gasteiger partial charge in [-0.05, 0) is 69.4 Å². The van der Waals surface area contributed by atoms with Crippen LogP contribution in [0, 0.1) is 11.7 Å². The third-order valence-corrected chi connectivity index (χ3v) is 8.41. The monoisotopic (exact) mass is 534 g/mol. The number of fused-ring (bicyclic) bond motifs is 4. The summed E-state index contributed by atoms with van der Waals surface area (Å²) in [6.07, 6.45) is 3.84. The highest BCUT2D eigenvalue weighted by Crippen LogP contribution is 2.42. The van der Waals surface area contributed by atoms with Crippen LogP contribution in [-0.2, 0) is 16.0 Å². The van der Waals surface area contributed by atoms with Crippen molar-refractivity contribution in [2.75, 3.05) is 12.0 Å². The Balaban J connectivity index is 1.57. The summed E-state index contributed by atoms with van der Waals surface area (Å²) in [5, 5.41) is 22.2. The van der Waals surface area contributed by atoms with Crippen LogP contribution in [0.4, 0.5) is 14.9 Å². The number of aliphatic hydroxyl groups excluding tert-OH is 1. The molecule has 6 rings (SSSR count). The summed E-state index contributed by atoms with van der Waals surface area (Å²) in [6.45, 7) is 1.97. The second-order valence-corrected chi connectivity index (χ2v) is 10.7. The van der Waals surface area contributed by atoms with Crippen molar-refractivity contribution < 1.29 is 28.9 Å². The Morgan fingerprint density at radius 3 is 2.79 bits per heavy atom. The van der Waals surface area contributed by atoms with Crippen molar-refractivity contribution >= 4 is 39.7 Å². The lowest BCUT2D eigenvalue weighted by atomic mass is 9.85. The van der Waals surface area contributed by atoms with Gasteiger partial charge in [-0.2, -0.15) is 0 Å². The highest BCUT2D eigenvalue weighted by Gasteiger charge is 2.35. The van der Waals surface area contributed by atoms with E-state index in [1.165, 1.54) is 19.2 Å². The van der Waals surface area contributed by atoms with Crippen LogP contribution in [0.3, 0.4) is 0 Å². The molecule has 1 saturated carbocycles. The van der Waals surface area contributed by atoms with Crippen molar-refractivity contribution in [2.24, 2.45) is 5.92 Å². The zero-order chi connectivity index (χ0) is 27.4. The summed E-state index contributed by atoms with van der Waals surface area (Å²) >= 11 is 0. The van der Waals surface area contributed by atoms with E-state index in [2.05, 4.69) is 4.98 Å². The number of benzene rings is 2. The van der Waals surface area contributed by atoms with E-state index in [0.29, 0.717) is 59.2 Å². The zero-order valence-electron chi connectivity index (χ0n) is 21.9. The molecule has 4 atom stereocenters. The van der Waals surface area contributed by atoms with Gasteiger partial charge >= 0.3 is 12.1 Å². The van der Waals surface area contributed by atoms with Gasteiger partial charge in [0.15, 0.2) is 0 Å². The number of aromatic nitrogens is 3. The van der Waals surface area contributed by atoms with Gasteiger partial charge in [-0.25, -0.2) is 14.2 Å². The molecule has 1 fully saturated rings. The van der Waals surface area contributed by atoms with Gasteiger partial charge < -0.3 is 24.5 Å². The molecule has 3 heterocycles. The van der Waals surface area contributed by atoms with Crippen molar-refractivity contribution in [1.29, 1.82) is 0 Å². The van der Waals surface area contributed by atoms with Crippen LogP contribution in [-0.4, -0.2) is 50.0 Å². The molecule has 3 N–H and O–H groups in total. The number of carboxylic acid groups (broad SMARTS) is 1. The molecule has 9 nitrogen and oxygen atoms in total. The van der Waals surface area contributed by atoms with Crippen molar-refractivity contribution in [3.63, 3.8) is 0 Å². The fourth-order valence-electron chi connectivity index (χ4n) is 6.51. The molecule has 1 aliphatic heterocycles. The molecule has 0 spiro atoms. The highest BCUT2D eigenvalue weighted by molar-refractivity contribution is 5.95. The van der Waals surface area contributed by atoms with Gasteiger partial charge in [-0.15, -0.1) is 0 Å². The number of imidazole rings is 1. The summed E-state index contributed by atoms with van der Waals surface area (Å²) in [6, 6.07) is 7.95. The average Bonchev–Trinajstić information content (AvgIpc) is 3.56. The van der Waals surface area contributed by atoms with Gasteiger partial charge in [0.1, 0.15) is 17.7 Å². The Bertz CT molecular complexity index is 1590. The molecule has 0 bridgehead atoms. The first kappa shape index (κ1) is 25.4. The summed E-state index contributed by atoms with van der Waals surface area (Å²) in [5.74, 6) is -1.46. The largest absolute Gasteiger partial charge is 0.481 e. The minimum Gasteiger partial charge on any atom is -0.481 e. The molecule has 0 saturated heterocycles. The molecule has 3 unspecified atom stereocenters. The number of aromatic amines is 1. The number of H-pyrrole nitrogens is 1. The lowest BCUT2D eigenvalue weighted by Crippen LogP contribution is -2.42. The van der Waals surface area contributed by atoms with Gasteiger partial charge in [0.25, 0.3) is 0 Å². The van der Waals surface area contributed by atoms with E-state index in [-0.39, 0.29) is 12.1 Å². The van der Waals surface area contributed by atoms with Crippen LogP contribution >= 0.6 is 0 Å². The zero-order valence-corrected chi connectivity index (χ0v) is 21.9. The van der Waals surface area contributed by atoms with Gasteiger partial charge in [0, 0.05) is 34.8 Å².